The lowest BCUT2D eigenvalue weighted by Crippen LogP contribution is -2.48. The van der Waals surface area contributed by atoms with Crippen molar-refractivity contribution in [3.8, 4) is 0 Å². The molecule has 3 N–H and O–H groups in total. The van der Waals surface area contributed by atoms with Crippen LogP contribution in [0.2, 0.25) is 5.02 Å². The van der Waals surface area contributed by atoms with E-state index < -0.39 is 10.0 Å². The zero-order valence-electron chi connectivity index (χ0n) is 14.0. The Morgan fingerprint density at radius 2 is 2.23 bits per heavy atom. The van der Waals surface area contributed by atoms with Gasteiger partial charge in [-0.3, -0.25) is 9.48 Å². The van der Waals surface area contributed by atoms with Crippen molar-refractivity contribution in [1.82, 2.24) is 20.0 Å². The minimum atomic E-state index is -3.79. The van der Waals surface area contributed by atoms with Crippen LogP contribution in [0.4, 0.5) is 0 Å². The van der Waals surface area contributed by atoms with E-state index in [9.17, 15) is 13.2 Å². The van der Waals surface area contributed by atoms with Gasteiger partial charge in [-0.1, -0.05) is 23.7 Å². The first-order valence-electron chi connectivity index (χ1n) is 8.15. The van der Waals surface area contributed by atoms with Crippen LogP contribution in [-0.4, -0.2) is 48.6 Å². The number of amides is 1. The highest BCUT2D eigenvalue weighted by molar-refractivity contribution is 7.89. The zero-order chi connectivity index (χ0) is 18.7. The number of aromatic nitrogens is 2. The van der Waals surface area contributed by atoms with E-state index in [1.807, 2.05) is 23.1 Å². The summed E-state index contributed by atoms with van der Waals surface area (Å²) in [5.74, 6) is -0.0240. The van der Waals surface area contributed by atoms with Crippen LogP contribution in [0.1, 0.15) is 18.0 Å². The van der Waals surface area contributed by atoms with Gasteiger partial charge in [0.25, 0.3) is 0 Å². The van der Waals surface area contributed by atoms with Crippen LogP contribution in [0.15, 0.2) is 41.6 Å². The average molecular weight is 398 g/mol. The van der Waals surface area contributed by atoms with Crippen LogP contribution < -0.4 is 10.5 Å². The molecule has 10 heteroatoms. The molecule has 1 amide bonds. The highest BCUT2D eigenvalue weighted by Crippen LogP contribution is 2.25. The molecule has 1 saturated heterocycles. The second-order valence-electron chi connectivity index (χ2n) is 6.10. The van der Waals surface area contributed by atoms with Gasteiger partial charge in [0.05, 0.1) is 12.2 Å². The molecule has 0 bridgehead atoms. The number of hydrogen-bond donors (Lipinski definition) is 2. The fourth-order valence-electron chi connectivity index (χ4n) is 2.98. The molecule has 2 heterocycles. The molecule has 1 aliphatic heterocycles. The number of nitrogens with two attached hydrogens (primary N) is 1. The van der Waals surface area contributed by atoms with Crippen LogP contribution >= 0.6 is 11.6 Å². The largest absolute Gasteiger partial charge is 0.333 e. The Morgan fingerprint density at radius 1 is 1.42 bits per heavy atom. The average Bonchev–Trinajstić information content (AvgIpc) is 3.09. The number of rotatable bonds is 5. The van der Waals surface area contributed by atoms with E-state index in [1.165, 1.54) is 17.1 Å². The molecular formula is C16H20ClN5O3S. The predicted octanol–water partition coefficient (Wildman–Crippen LogP) is 0.747. The Balaban J connectivity index is 1.68. The number of nitrogens with zero attached hydrogens (tertiary/aromatic N) is 3. The maximum atomic E-state index is 12.7. The molecule has 3 rings (SSSR count). The van der Waals surface area contributed by atoms with Crippen molar-refractivity contribution in [1.29, 1.82) is 0 Å². The summed E-state index contributed by atoms with van der Waals surface area (Å²) in [7, 11) is -3.79. The Hall–Kier alpha value is -1.94. The number of nitrogens with one attached hydrogen (secondary N) is 1. The molecule has 1 unspecified atom stereocenters. The number of carbonyl (C=O) groups excluding carboxylic acids is 1. The lowest BCUT2D eigenvalue weighted by Gasteiger charge is -2.36. The van der Waals surface area contributed by atoms with Gasteiger partial charge in [0.1, 0.15) is 4.90 Å². The van der Waals surface area contributed by atoms with Crippen LogP contribution in [0.25, 0.3) is 0 Å². The molecule has 1 aromatic carbocycles. The van der Waals surface area contributed by atoms with E-state index in [-0.39, 0.29) is 29.8 Å². The second-order valence-corrected chi connectivity index (χ2v) is 8.09. The fraction of sp³-hybridized carbons (Fsp3) is 0.375. The monoisotopic (exact) mass is 397 g/mol. The van der Waals surface area contributed by atoms with Gasteiger partial charge in [-0.2, -0.15) is 5.10 Å². The first-order chi connectivity index (χ1) is 12.3. The Bertz CT molecular complexity index is 899. The third-order valence-electron chi connectivity index (χ3n) is 4.29. The summed E-state index contributed by atoms with van der Waals surface area (Å²) >= 11 is 6.08. The minimum Gasteiger partial charge on any atom is -0.333 e. The maximum absolute atomic E-state index is 12.7. The van der Waals surface area contributed by atoms with E-state index in [0.29, 0.717) is 18.1 Å². The number of piperazine rings is 1. The summed E-state index contributed by atoms with van der Waals surface area (Å²) in [6.07, 6.45) is 2.72. The summed E-state index contributed by atoms with van der Waals surface area (Å²) < 4.78 is 24.0. The van der Waals surface area contributed by atoms with E-state index in [2.05, 4.69) is 10.4 Å². The van der Waals surface area contributed by atoms with E-state index >= 15 is 0 Å². The molecule has 2 aromatic rings. The number of hydrogen-bond acceptors (Lipinski definition) is 5. The third-order valence-corrected chi connectivity index (χ3v) is 5.39. The van der Waals surface area contributed by atoms with Crippen molar-refractivity contribution in [3.63, 3.8) is 0 Å². The molecule has 8 nitrogen and oxygen atoms in total. The second kappa shape index (κ2) is 7.75. The maximum Gasteiger partial charge on any atom is 0.241 e. The van der Waals surface area contributed by atoms with Crippen molar-refractivity contribution >= 4 is 27.5 Å². The molecule has 0 aliphatic carbocycles. The molecule has 1 aliphatic rings. The third kappa shape index (κ3) is 4.42. The topological polar surface area (TPSA) is 110 Å². The van der Waals surface area contributed by atoms with Crippen molar-refractivity contribution < 1.29 is 13.2 Å². The Labute approximate surface area is 157 Å². The number of halogens is 1. The van der Waals surface area contributed by atoms with Crippen LogP contribution in [0.3, 0.4) is 0 Å². The fourth-order valence-corrected chi connectivity index (χ4v) is 3.64. The smallest absolute Gasteiger partial charge is 0.241 e. The van der Waals surface area contributed by atoms with E-state index in [0.717, 1.165) is 12.1 Å². The predicted molar refractivity (Wildman–Crippen MR) is 97.0 cm³/mol. The molecule has 26 heavy (non-hydrogen) atoms. The first-order valence-corrected chi connectivity index (χ1v) is 10.1. The summed E-state index contributed by atoms with van der Waals surface area (Å²) in [5, 5.41) is 12.9. The highest BCUT2D eigenvalue weighted by atomic mass is 35.5. The lowest BCUT2D eigenvalue weighted by atomic mass is 10.0. The van der Waals surface area contributed by atoms with Gasteiger partial charge in [0.2, 0.25) is 15.9 Å². The molecule has 1 atom stereocenters. The molecule has 0 radical (unpaired) electrons. The number of aryl methyl sites for hydroxylation is 1. The standard InChI is InChI=1S/C16H20ClN5O3S/c17-13-3-1-2-12(8-13)15-10-19-5-7-22(15)16(23)4-6-21-11-14(9-20-21)26(18,24)25/h1-3,8-9,11,15,19H,4-7,10H2,(H2,18,24,25). The quantitative estimate of drug-likeness (QED) is 0.773. The van der Waals surface area contributed by atoms with E-state index in [4.69, 9.17) is 16.7 Å². The van der Waals surface area contributed by atoms with Gasteiger partial charge in [-0.05, 0) is 17.7 Å². The molecular weight excluding hydrogens is 378 g/mol. The number of primary sulfonamides is 1. The van der Waals surface area contributed by atoms with Gasteiger partial charge >= 0.3 is 0 Å². The SMILES string of the molecule is NS(=O)(=O)c1cnn(CCC(=O)N2CCNCC2c2cccc(Cl)c2)c1. The summed E-state index contributed by atoms with van der Waals surface area (Å²) in [6, 6.07) is 7.40. The van der Waals surface area contributed by atoms with E-state index in [1.54, 1.807) is 6.07 Å². The number of sulfonamides is 1. The summed E-state index contributed by atoms with van der Waals surface area (Å²) in [6.45, 7) is 2.25. The van der Waals surface area contributed by atoms with Gasteiger partial charge in [-0.15, -0.1) is 0 Å². The normalized spacial score (nSPS) is 18.1. The Kier molecular flexibility index (Phi) is 5.61. The van der Waals surface area contributed by atoms with Crippen molar-refractivity contribution in [2.45, 2.75) is 23.9 Å². The highest BCUT2D eigenvalue weighted by Gasteiger charge is 2.27. The van der Waals surface area contributed by atoms with Crippen LogP contribution in [0.5, 0.6) is 0 Å². The first kappa shape index (κ1) is 18.8. The zero-order valence-corrected chi connectivity index (χ0v) is 15.6. The Morgan fingerprint density at radius 3 is 2.92 bits per heavy atom. The summed E-state index contributed by atoms with van der Waals surface area (Å²) in [5.41, 5.74) is 0.980. The molecule has 1 aromatic heterocycles. The summed E-state index contributed by atoms with van der Waals surface area (Å²) in [4.78, 5) is 14.5. The van der Waals surface area contributed by atoms with Crippen molar-refractivity contribution in [2.24, 2.45) is 5.14 Å². The van der Waals surface area contributed by atoms with Crippen molar-refractivity contribution in [2.75, 3.05) is 19.6 Å². The molecule has 1 fully saturated rings. The molecule has 140 valence electrons. The lowest BCUT2D eigenvalue weighted by molar-refractivity contribution is -0.134. The minimum absolute atomic E-state index is 0.0240. The van der Waals surface area contributed by atoms with Crippen LogP contribution in [0, 0.1) is 0 Å². The number of carbonyl (C=O) groups is 1. The molecule has 0 saturated carbocycles. The van der Waals surface area contributed by atoms with Gasteiger partial charge in [-0.25, -0.2) is 13.6 Å². The van der Waals surface area contributed by atoms with Gasteiger partial charge in [0, 0.05) is 43.8 Å². The van der Waals surface area contributed by atoms with Gasteiger partial charge in [0.15, 0.2) is 0 Å². The number of benzene rings is 1. The van der Waals surface area contributed by atoms with Crippen molar-refractivity contribution in [3.05, 3.63) is 47.2 Å². The molecule has 0 spiro atoms. The van der Waals surface area contributed by atoms with Crippen LogP contribution in [-0.2, 0) is 21.4 Å². The van der Waals surface area contributed by atoms with Gasteiger partial charge < -0.3 is 10.2 Å².